The Kier molecular flexibility index (Phi) is 7.76. The zero-order valence-corrected chi connectivity index (χ0v) is 20.3. The molecule has 3 aliphatic rings. The van der Waals surface area contributed by atoms with Crippen LogP contribution in [0.1, 0.15) is 105 Å². The smallest absolute Gasteiger partial charge is 0.126 e. The molecule has 0 heterocycles. The van der Waals surface area contributed by atoms with Gasteiger partial charge in [-0.25, -0.2) is 0 Å². The normalized spacial score (nSPS) is 44.5. The van der Waals surface area contributed by atoms with Gasteiger partial charge in [-0.2, -0.15) is 0 Å². The summed E-state index contributed by atoms with van der Waals surface area (Å²) < 4.78 is 0. The Labute approximate surface area is 185 Å². The van der Waals surface area contributed by atoms with E-state index in [0.717, 1.165) is 37.4 Å². The minimum Gasteiger partial charge on any atom is -0.393 e. The van der Waals surface area contributed by atoms with Gasteiger partial charge in [-0.05, 0) is 61.2 Å². The molecule has 0 radical (unpaired) electrons. The van der Waals surface area contributed by atoms with Crippen molar-refractivity contribution in [1.82, 2.24) is 0 Å². The molecule has 3 saturated carbocycles. The van der Waals surface area contributed by atoms with Crippen LogP contribution in [-0.2, 0) is 4.79 Å². The van der Waals surface area contributed by atoms with Crippen LogP contribution < -0.4 is 0 Å². The van der Waals surface area contributed by atoms with Gasteiger partial charge in [-0.3, -0.25) is 0 Å². The lowest BCUT2D eigenvalue weighted by Crippen LogP contribution is -2.54. The van der Waals surface area contributed by atoms with Gasteiger partial charge in [0, 0.05) is 17.8 Å². The standard InChI is InChI=1S/C27H48O3/c1-18(2)8-6-7-9-19(3)10-12-22-20(4)11-13-23-25(22)24(17-28)27(30)16-21(29)14-15-26(23,27)5/h17-25,29-30H,6-16H2,1-5H3/t19-,20+,21-,22?,23?,24+,25?,26+,27+/m0/s1. The molecule has 3 fully saturated rings. The van der Waals surface area contributed by atoms with E-state index in [1.54, 1.807) is 0 Å². The van der Waals surface area contributed by atoms with Gasteiger partial charge in [-0.15, -0.1) is 0 Å². The van der Waals surface area contributed by atoms with Gasteiger partial charge in [0.05, 0.1) is 11.7 Å². The molecule has 0 aliphatic heterocycles. The predicted molar refractivity (Wildman–Crippen MR) is 123 cm³/mol. The van der Waals surface area contributed by atoms with Gasteiger partial charge in [-0.1, -0.05) is 73.1 Å². The highest BCUT2D eigenvalue weighted by molar-refractivity contribution is 5.59. The Balaban J connectivity index is 1.69. The molecule has 2 N–H and O–H groups in total. The van der Waals surface area contributed by atoms with Gasteiger partial charge >= 0.3 is 0 Å². The number of hydrogen-bond donors (Lipinski definition) is 2. The number of hydrogen-bond acceptors (Lipinski definition) is 3. The maximum Gasteiger partial charge on any atom is 0.126 e. The Hall–Kier alpha value is -0.410. The maximum atomic E-state index is 12.3. The first-order valence-electron chi connectivity index (χ1n) is 13.0. The van der Waals surface area contributed by atoms with Crippen LogP contribution in [0.3, 0.4) is 0 Å². The summed E-state index contributed by atoms with van der Waals surface area (Å²) in [6, 6.07) is 0. The summed E-state index contributed by atoms with van der Waals surface area (Å²) in [6.07, 6.45) is 12.7. The lowest BCUT2D eigenvalue weighted by molar-refractivity contribution is -0.156. The number of unbranched alkanes of at least 4 members (excludes halogenated alkanes) is 1. The average molecular weight is 421 g/mol. The van der Waals surface area contributed by atoms with Crippen LogP contribution in [0.5, 0.6) is 0 Å². The highest BCUT2D eigenvalue weighted by Crippen LogP contribution is 2.67. The Bertz CT molecular complexity index is 574. The topological polar surface area (TPSA) is 57.5 Å². The zero-order valence-electron chi connectivity index (χ0n) is 20.3. The molecule has 3 heteroatoms. The van der Waals surface area contributed by atoms with Gasteiger partial charge < -0.3 is 15.0 Å². The molecule has 30 heavy (non-hydrogen) atoms. The lowest BCUT2D eigenvalue weighted by Gasteiger charge is -2.50. The molecule has 0 aromatic heterocycles. The molecule has 0 amide bonds. The minimum absolute atomic E-state index is 0.219. The highest BCUT2D eigenvalue weighted by Gasteiger charge is 2.69. The fourth-order valence-corrected chi connectivity index (χ4v) is 7.85. The van der Waals surface area contributed by atoms with Crippen LogP contribution in [0.4, 0.5) is 0 Å². The molecule has 0 aromatic rings. The van der Waals surface area contributed by atoms with Crippen molar-refractivity contribution in [2.45, 2.75) is 117 Å². The first kappa shape index (κ1) is 24.2. The molecule has 3 unspecified atom stereocenters. The number of carbonyl (C=O) groups is 1. The largest absolute Gasteiger partial charge is 0.393 e. The van der Waals surface area contributed by atoms with Crippen molar-refractivity contribution in [2.75, 3.05) is 0 Å². The van der Waals surface area contributed by atoms with E-state index in [1.165, 1.54) is 44.9 Å². The van der Waals surface area contributed by atoms with E-state index in [1.807, 2.05) is 0 Å². The number of fused-ring (bicyclic) bond motifs is 3. The molecular formula is C27H48O3. The quantitative estimate of drug-likeness (QED) is 0.355. The first-order chi connectivity index (χ1) is 14.1. The molecular weight excluding hydrogens is 372 g/mol. The van der Waals surface area contributed by atoms with Crippen molar-refractivity contribution in [1.29, 1.82) is 0 Å². The van der Waals surface area contributed by atoms with Crippen molar-refractivity contribution in [3.05, 3.63) is 0 Å². The van der Waals surface area contributed by atoms with Crippen LogP contribution >= 0.6 is 0 Å². The second-order valence-corrected chi connectivity index (χ2v) is 12.2. The van der Waals surface area contributed by atoms with Crippen LogP contribution in [-0.4, -0.2) is 28.2 Å². The average Bonchev–Trinajstić information content (AvgIpc) is 2.87. The third-order valence-corrected chi connectivity index (χ3v) is 9.81. The maximum absolute atomic E-state index is 12.3. The van der Waals surface area contributed by atoms with Crippen LogP contribution in [0.25, 0.3) is 0 Å². The number of aliphatic hydroxyl groups is 2. The molecule has 3 rings (SSSR count). The predicted octanol–water partition coefficient (Wildman–Crippen LogP) is 6.01. The fourth-order valence-electron chi connectivity index (χ4n) is 7.85. The Morgan fingerprint density at radius 1 is 1.07 bits per heavy atom. The molecule has 0 aromatic carbocycles. The summed E-state index contributed by atoms with van der Waals surface area (Å²) in [5.74, 6) is 3.10. The number of aliphatic hydroxyl groups excluding tert-OH is 1. The summed E-state index contributed by atoms with van der Waals surface area (Å²) in [5, 5.41) is 22.1. The molecule has 0 bridgehead atoms. The number of carbonyl (C=O) groups excluding carboxylic acids is 1. The summed E-state index contributed by atoms with van der Waals surface area (Å²) in [5.41, 5.74) is -1.24. The highest BCUT2D eigenvalue weighted by atomic mass is 16.3. The summed E-state index contributed by atoms with van der Waals surface area (Å²) >= 11 is 0. The fraction of sp³-hybridized carbons (Fsp3) is 0.963. The monoisotopic (exact) mass is 420 g/mol. The van der Waals surface area contributed by atoms with E-state index in [9.17, 15) is 15.0 Å². The number of rotatable bonds is 9. The van der Waals surface area contributed by atoms with E-state index in [2.05, 4.69) is 34.6 Å². The van der Waals surface area contributed by atoms with E-state index in [-0.39, 0.29) is 11.3 Å². The first-order valence-corrected chi connectivity index (χ1v) is 13.0. The van der Waals surface area contributed by atoms with Gasteiger partial charge in [0.15, 0.2) is 0 Å². The zero-order chi connectivity index (χ0) is 22.1. The summed E-state index contributed by atoms with van der Waals surface area (Å²) in [4.78, 5) is 12.3. The molecule has 3 aliphatic carbocycles. The molecule has 3 nitrogen and oxygen atoms in total. The summed E-state index contributed by atoms with van der Waals surface area (Å²) in [6.45, 7) is 11.6. The minimum atomic E-state index is -1.02. The van der Waals surface area contributed by atoms with Gasteiger partial charge in [0.2, 0.25) is 0 Å². The third kappa shape index (κ3) is 4.40. The second kappa shape index (κ2) is 9.61. The van der Waals surface area contributed by atoms with E-state index < -0.39 is 11.7 Å². The van der Waals surface area contributed by atoms with E-state index in [4.69, 9.17) is 0 Å². The van der Waals surface area contributed by atoms with Crippen molar-refractivity contribution < 1.29 is 15.0 Å². The summed E-state index contributed by atoms with van der Waals surface area (Å²) in [7, 11) is 0. The Morgan fingerprint density at radius 2 is 1.77 bits per heavy atom. The van der Waals surface area contributed by atoms with E-state index >= 15 is 0 Å². The van der Waals surface area contributed by atoms with Gasteiger partial charge in [0.25, 0.3) is 0 Å². The van der Waals surface area contributed by atoms with Crippen molar-refractivity contribution in [3.8, 4) is 0 Å². The SMILES string of the molecule is CC(C)CCCC[C@H](C)CCC1C2C(CC[C@H]1C)[C@@]1(C)CC[C@H](O)C[C@@]1(O)[C@@H]2C=O. The van der Waals surface area contributed by atoms with Crippen LogP contribution in [0, 0.1) is 46.8 Å². The van der Waals surface area contributed by atoms with Crippen molar-refractivity contribution in [3.63, 3.8) is 0 Å². The van der Waals surface area contributed by atoms with Crippen LogP contribution in [0.2, 0.25) is 0 Å². The molecule has 0 saturated heterocycles. The second-order valence-electron chi connectivity index (χ2n) is 12.2. The van der Waals surface area contributed by atoms with Gasteiger partial charge in [0.1, 0.15) is 6.29 Å². The Morgan fingerprint density at radius 3 is 2.43 bits per heavy atom. The molecule has 0 spiro atoms. The molecule has 174 valence electrons. The molecule has 9 atom stereocenters. The number of aldehydes is 1. The van der Waals surface area contributed by atoms with Crippen LogP contribution in [0.15, 0.2) is 0 Å². The van der Waals surface area contributed by atoms with E-state index in [0.29, 0.717) is 30.1 Å². The van der Waals surface area contributed by atoms with Crippen molar-refractivity contribution in [2.24, 2.45) is 46.8 Å². The lowest BCUT2D eigenvalue weighted by atomic mass is 9.57. The van der Waals surface area contributed by atoms with Crippen molar-refractivity contribution >= 4 is 6.29 Å². The third-order valence-electron chi connectivity index (χ3n) is 9.81.